The number of aromatic nitrogens is 1. The van der Waals surface area contributed by atoms with Crippen molar-refractivity contribution in [1.29, 1.82) is 0 Å². The number of amides is 1. The number of rotatable bonds is 3. The first-order valence-electron chi connectivity index (χ1n) is 6.89. The molecule has 6 heteroatoms. The molecule has 2 aromatic heterocycles. The topological polar surface area (TPSA) is 59.1 Å². The second kappa shape index (κ2) is 5.98. The molecule has 0 aliphatic heterocycles. The molecule has 3 aromatic rings. The van der Waals surface area contributed by atoms with Crippen LogP contribution in [-0.4, -0.2) is 10.9 Å². The fourth-order valence-corrected chi connectivity index (χ4v) is 3.94. The number of hydrogen-bond acceptors (Lipinski definition) is 5. The third-order valence-corrected chi connectivity index (χ3v) is 5.20. The van der Waals surface area contributed by atoms with E-state index in [9.17, 15) is 9.59 Å². The zero-order chi connectivity index (χ0) is 15.7. The molecule has 0 atom stereocenters. The van der Waals surface area contributed by atoms with E-state index in [-0.39, 0.29) is 10.6 Å². The van der Waals surface area contributed by atoms with Crippen molar-refractivity contribution in [3.8, 4) is 0 Å². The van der Waals surface area contributed by atoms with Crippen molar-refractivity contribution >= 4 is 44.5 Å². The summed E-state index contributed by atoms with van der Waals surface area (Å²) >= 11 is 2.41. The summed E-state index contributed by atoms with van der Waals surface area (Å²) < 4.78 is -0.104. The molecule has 4 nitrogen and oxygen atoms in total. The quantitative estimate of drug-likeness (QED) is 0.794. The Bertz CT molecular complexity index is 912. The molecule has 0 aliphatic rings. The second-order valence-electron chi connectivity index (χ2n) is 4.81. The van der Waals surface area contributed by atoms with Crippen LogP contribution in [0.1, 0.15) is 27.2 Å². The van der Waals surface area contributed by atoms with Crippen LogP contribution in [0.3, 0.4) is 0 Å². The van der Waals surface area contributed by atoms with Gasteiger partial charge >= 0.3 is 0 Å². The van der Waals surface area contributed by atoms with Crippen molar-refractivity contribution in [2.75, 3.05) is 5.32 Å². The van der Waals surface area contributed by atoms with Crippen LogP contribution >= 0.6 is 22.7 Å². The number of anilines is 1. The van der Waals surface area contributed by atoms with Crippen molar-refractivity contribution in [1.82, 2.24) is 4.98 Å². The molecule has 3 rings (SSSR count). The molecule has 0 aliphatic carbocycles. The number of nitrogens with zero attached hydrogens (tertiary/aromatic N) is 1. The van der Waals surface area contributed by atoms with Crippen molar-refractivity contribution in [3.05, 3.63) is 55.3 Å². The molecule has 112 valence electrons. The summed E-state index contributed by atoms with van der Waals surface area (Å²) in [5.74, 6) is -0.288. The lowest BCUT2D eigenvalue weighted by molar-refractivity contribution is 0.103. The number of aryl methyl sites for hydroxylation is 2. The number of thiazole rings is 1. The van der Waals surface area contributed by atoms with Gasteiger partial charge in [-0.3, -0.25) is 14.9 Å². The van der Waals surface area contributed by atoms with E-state index in [0.717, 1.165) is 33.7 Å². The number of hydrogen-bond donors (Lipinski definition) is 1. The minimum absolute atomic E-state index is 0.104. The average molecular weight is 330 g/mol. The van der Waals surface area contributed by atoms with Gasteiger partial charge in [0, 0.05) is 10.3 Å². The lowest BCUT2D eigenvalue weighted by Crippen LogP contribution is -2.12. The van der Waals surface area contributed by atoms with Gasteiger partial charge in [-0.05, 0) is 30.9 Å². The molecule has 0 radical (unpaired) electrons. The van der Waals surface area contributed by atoms with E-state index in [2.05, 4.69) is 10.3 Å². The highest BCUT2D eigenvalue weighted by atomic mass is 32.1. The Morgan fingerprint density at radius 1 is 1.27 bits per heavy atom. The third-order valence-electron chi connectivity index (χ3n) is 3.34. The van der Waals surface area contributed by atoms with E-state index in [1.54, 1.807) is 12.1 Å². The Morgan fingerprint density at radius 3 is 2.77 bits per heavy atom. The maximum Gasteiger partial charge on any atom is 0.267 e. The zero-order valence-corrected chi connectivity index (χ0v) is 13.8. The molecular weight excluding hydrogens is 316 g/mol. The molecule has 0 saturated carbocycles. The number of carbonyl (C=O) groups excluding carboxylic acids is 1. The lowest BCUT2D eigenvalue weighted by atomic mass is 10.2. The summed E-state index contributed by atoms with van der Waals surface area (Å²) in [6.45, 7) is 4.02. The van der Waals surface area contributed by atoms with E-state index in [1.807, 2.05) is 32.0 Å². The summed E-state index contributed by atoms with van der Waals surface area (Å²) in [5, 5.41) is 4.78. The van der Waals surface area contributed by atoms with Crippen LogP contribution in [0.25, 0.3) is 10.8 Å². The highest BCUT2D eigenvalue weighted by Crippen LogP contribution is 2.23. The van der Waals surface area contributed by atoms with Crippen molar-refractivity contribution in [2.45, 2.75) is 20.3 Å². The van der Waals surface area contributed by atoms with Gasteiger partial charge in [-0.15, -0.1) is 11.3 Å². The van der Waals surface area contributed by atoms with Gasteiger partial charge in [0.2, 0.25) is 4.74 Å². The molecule has 1 aromatic carbocycles. The normalized spacial score (nSPS) is 10.8. The smallest absolute Gasteiger partial charge is 0.267 e. The van der Waals surface area contributed by atoms with Crippen LogP contribution in [0.4, 0.5) is 5.13 Å². The Morgan fingerprint density at radius 2 is 2.05 bits per heavy atom. The molecular formula is C16H14N2O2S2. The van der Waals surface area contributed by atoms with E-state index >= 15 is 0 Å². The molecule has 2 heterocycles. The van der Waals surface area contributed by atoms with Crippen molar-refractivity contribution in [2.24, 2.45) is 0 Å². The van der Waals surface area contributed by atoms with Gasteiger partial charge in [-0.1, -0.05) is 36.5 Å². The summed E-state index contributed by atoms with van der Waals surface area (Å²) in [6.07, 6.45) is 0.835. The summed E-state index contributed by atoms with van der Waals surface area (Å²) in [7, 11) is 0. The lowest BCUT2D eigenvalue weighted by Gasteiger charge is -2.02. The van der Waals surface area contributed by atoms with Gasteiger partial charge in [0.1, 0.15) is 0 Å². The molecule has 1 amide bonds. The van der Waals surface area contributed by atoms with Crippen LogP contribution in [0.15, 0.2) is 35.1 Å². The Kier molecular flexibility index (Phi) is 4.04. The van der Waals surface area contributed by atoms with Crippen LogP contribution < -0.4 is 10.1 Å². The average Bonchev–Trinajstić information content (AvgIpc) is 2.87. The van der Waals surface area contributed by atoms with Gasteiger partial charge in [0.25, 0.3) is 5.91 Å². The van der Waals surface area contributed by atoms with Crippen LogP contribution in [0, 0.1) is 6.92 Å². The SMILES string of the molecule is CCc1nc(NC(=O)c2cc3ccccc3c(=O)s2)sc1C. The molecule has 0 saturated heterocycles. The highest BCUT2D eigenvalue weighted by Gasteiger charge is 2.13. The maximum atomic E-state index is 12.3. The first-order chi connectivity index (χ1) is 10.6. The van der Waals surface area contributed by atoms with E-state index < -0.39 is 0 Å². The molecule has 0 bridgehead atoms. The summed E-state index contributed by atoms with van der Waals surface area (Å²) in [5.41, 5.74) is 0.993. The largest absolute Gasteiger partial charge is 0.297 e. The summed E-state index contributed by atoms with van der Waals surface area (Å²) in [6, 6.07) is 9.03. The van der Waals surface area contributed by atoms with Gasteiger partial charge < -0.3 is 0 Å². The monoisotopic (exact) mass is 330 g/mol. The molecule has 0 fully saturated rings. The molecule has 1 N–H and O–H groups in total. The number of carbonyl (C=O) groups is 1. The fourth-order valence-electron chi connectivity index (χ4n) is 2.21. The molecule has 22 heavy (non-hydrogen) atoms. The van der Waals surface area contributed by atoms with Crippen LogP contribution in [0.5, 0.6) is 0 Å². The highest BCUT2D eigenvalue weighted by molar-refractivity contribution is 7.16. The minimum Gasteiger partial charge on any atom is -0.297 e. The van der Waals surface area contributed by atoms with Gasteiger partial charge in [-0.2, -0.15) is 0 Å². The molecule has 0 unspecified atom stereocenters. The Labute approximate surface area is 135 Å². The van der Waals surface area contributed by atoms with Gasteiger partial charge in [0.15, 0.2) is 5.13 Å². The second-order valence-corrected chi connectivity index (χ2v) is 7.03. The van der Waals surface area contributed by atoms with Gasteiger partial charge in [-0.25, -0.2) is 4.98 Å². The van der Waals surface area contributed by atoms with Gasteiger partial charge in [0.05, 0.1) is 10.6 Å². The molecule has 0 spiro atoms. The Hall–Kier alpha value is -2.05. The van der Waals surface area contributed by atoms with E-state index in [0.29, 0.717) is 15.4 Å². The standard InChI is InChI=1S/C16H14N2O2S2/c1-3-12-9(2)21-16(17-12)18-14(19)13-8-10-6-4-5-7-11(10)15(20)22-13/h4-8H,3H2,1-2H3,(H,17,18,19). The predicted octanol–water partition coefficient (Wildman–Crippen LogP) is 3.84. The van der Waals surface area contributed by atoms with E-state index in [1.165, 1.54) is 11.3 Å². The third kappa shape index (κ3) is 2.80. The minimum atomic E-state index is -0.288. The van der Waals surface area contributed by atoms with Crippen LogP contribution in [0.2, 0.25) is 0 Å². The predicted molar refractivity (Wildman–Crippen MR) is 92.3 cm³/mol. The zero-order valence-electron chi connectivity index (χ0n) is 12.2. The maximum absolute atomic E-state index is 12.3. The summed E-state index contributed by atoms with van der Waals surface area (Å²) in [4.78, 5) is 30.3. The fraction of sp³-hybridized carbons (Fsp3) is 0.188. The van der Waals surface area contributed by atoms with Crippen molar-refractivity contribution in [3.63, 3.8) is 0 Å². The first-order valence-corrected chi connectivity index (χ1v) is 8.52. The Balaban J connectivity index is 1.93. The first kappa shape index (κ1) is 14.9. The number of fused-ring (bicyclic) bond motifs is 1. The van der Waals surface area contributed by atoms with Crippen molar-refractivity contribution < 1.29 is 4.79 Å². The van der Waals surface area contributed by atoms with Crippen LogP contribution in [-0.2, 0) is 6.42 Å². The number of benzene rings is 1. The van der Waals surface area contributed by atoms with E-state index in [4.69, 9.17) is 0 Å². The number of nitrogens with one attached hydrogen (secondary N) is 1.